The van der Waals surface area contributed by atoms with Crippen LogP contribution in [0.15, 0.2) is 6.33 Å². The van der Waals surface area contributed by atoms with Crippen LogP contribution >= 0.6 is 0 Å². The number of nitrogens with one attached hydrogen (secondary N) is 1. The predicted octanol–water partition coefficient (Wildman–Crippen LogP) is 1.14. The van der Waals surface area contributed by atoms with Gasteiger partial charge in [0.2, 0.25) is 0 Å². The third-order valence-electron chi connectivity index (χ3n) is 3.31. The van der Waals surface area contributed by atoms with Gasteiger partial charge in [0.25, 0.3) is 0 Å². The highest BCUT2D eigenvalue weighted by molar-refractivity contribution is 4.90. The summed E-state index contributed by atoms with van der Waals surface area (Å²) in [6.45, 7) is 3.26. The normalized spacial score (nSPS) is 26.0. The summed E-state index contributed by atoms with van der Waals surface area (Å²) in [6.07, 6.45) is 6.66. The summed E-state index contributed by atoms with van der Waals surface area (Å²) in [5, 5.41) is 7.63. The molecular weight excluding hydrogens is 188 g/mol. The van der Waals surface area contributed by atoms with Gasteiger partial charge in [0, 0.05) is 19.5 Å². The summed E-state index contributed by atoms with van der Waals surface area (Å²) >= 11 is 0. The van der Waals surface area contributed by atoms with E-state index in [-0.39, 0.29) is 0 Å². The van der Waals surface area contributed by atoms with Crippen LogP contribution in [-0.4, -0.2) is 27.4 Å². The van der Waals surface area contributed by atoms with Crippen molar-refractivity contribution in [2.24, 2.45) is 13.0 Å². The van der Waals surface area contributed by atoms with Crippen LogP contribution < -0.4 is 5.32 Å². The van der Waals surface area contributed by atoms with E-state index in [1.54, 1.807) is 6.33 Å². The molecule has 1 N–H and O–H groups in total. The van der Waals surface area contributed by atoms with Gasteiger partial charge in [0.15, 0.2) is 0 Å². The van der Waals surface area contributed by atoms with Gasteiger partial charge in [-0.3, -0.25) is 4.68 Å². The van der Waals surface area contributed by atoms with Gasteiger partial charge in [-0.2, -0.15) is 5.10 Å². The van der Waals surface area contributed by atoms with E-state index in [1.807, 2.05) is 11.7 Å². The van der Waals surface area contributed by atoms with Crippen LogP contribution in [0.5, 0.6) is 0 Å². The molecule has 0 aliphatic heterocycles. The van der Waals surface area contributed by atoms with Crippen LogP contribution in [0.2, 0.25) is 0 Å². The standard InChI is InChI=1S/C11H20N4/c1-3-12-10-5-4-9(6-10)7-11-13-8-14-15(11)2/h8-10,12H,3-7H2,1-2H3. The summed E-state index contributed by atoms with van der Waals surface area (Å²) in [4.78, 5) is 4.28. The Morgan fingerprint density at radius 2 is 2.40 bits per heavy atom. The van der Waals surface area contributed by atoms with E-state index >= 15 is 0 Å². The van der Waals surface area contributed by atoms with Crippen LogP contribution in [0.3, 0.4) is 0 Å². The summed E-state index contributed by atoms with van der Waals surface area (Å²) in [6, 6.07) is 0.730. The van der Waals surface area contributed by atoms with E-state index in [0.29, 0.717) is 0 Å². The molecule has 4 nitrogen and oxygen atoms in total. The van der Waals surface area contributed by atoms with Crippen molar-refractivity contribution < 1.29 is 0 Å². The van der Waals surface area contributed by atoms with Crippen molar-refractivity contribution in [1.29, 1.82) is 0 Å². The smallest absolute Gasteiger partial charge is 0.138 e. The minimum atomic E-state index is 0.730. The number of nitrogens with zero attached hydrogens (tertiary/aromatic N) is 3. The zero-order chi connectivity index (χ0) is 10.7. The summed E-state index contributed by atoms with van der Waals surface area (Å²) in [5.41, 5.74) is 0. The average Bonchev–Trinajstić information content (AvgIpc) is 2.79. The minimum Gasteiger partial charge on any atom is -0.314 e. The molecular formula is C11H20N4. The molecule has 0 spiro atoms. The SMILES string of the molecule is CCNC1CCC(Cc2ncnn2C)C1. The van der Waals surface area contributed by atoms with Crippen molar-refractivity contribution in [3.05, 3.63) is 12.2 Å². The zero-order valence-corrected chi connectivity index (χ0v) is 9.61. The van der Waals surface area contributed by atoms with Gasteiger partial charge in [0.05, 0.1) is 0 Å². The lowest BCUT2D eigenvalue weighted by molar-refractivity contribution is 0.478. The number of aryl methyl sites for hydroxylation is 1. The second kappa shape index (κ2) is 4.75. The molecule has 0 saturated heterocycles. The molecule has 1 aliphatic carbocycles. The molecule has 0 bridgehead atoms. The Bertz CT molecular complexity index is 307. The Labute approximate surface area is 91.1 Å². The second-order valence-electron chi connectivity index (χ2n) is 4.44. The highest BCUT2D eigenvalue weighted by atomic mass is 15.3. The van der Waals surface area contributed by atoms with Crippen molar-refractivity contribution in [2.75, 3.05) is 6.54 Å². The molecule has 2 rings (SSSR count). The highest BCUT2D eigenvalue weighted by Gasteiger charge is 2.24. The largest absolute Gasteiger partial charge is 0.314 e. The molecule has 1 aromatic heterocycles. The molecule has 1 fully saturated rings. The van der Waals surface area contributed by atoms with Crippen LogP contribution in [0.1, 0.15) is 32.0 Å². The summed E-state index contributed by atoms with van der Waals surface area (Å²) in [7, 11) is 1.97. The lowest BCUT2D eigenvalue weighted by Gasteiger charge is -2.11. The fourth-order valence-corrected chi connectivity index (χ4v) is 2.50. The van der Waals surface area contributed by atoms with Crippen LogP contribution in [0.4, 0.5) is 0 Å². The van der Waals surface area contributed by atoms with Crippen molar-refractivity contribution in [2.45, 2.75) is 38.6 Å². The van der Waals surface area contributed by atoms with Gasteiger partial charge in [-0.1, -0.05) is 6.92 Å². The van der Waals surface area contributed by atoms with E-state index in [4.69, 9.17) is 0 Å². The van der Waals surface area contributed by atoms with E-state index in [9.17, 15) is 0 Å². The third-order valence-corrected chi connectivity index (χ3v) is 3.31. The minimum absolute atomic E-state index is 0.730. The van der Waals surface area contributed by atoms with Crippen molar-refractivity contribution in [1.82, 2.24) is 20.1 Å². The molecule has 1 heterocycles. The second-order valence-corrected chi connectivity index (χ2v) is 4.44. The van der Waals surface area contributed by atoms with Crippen LogP contribution in [0.25, 0.3) is 0 Å². The summed E-state index contributed by atoms with van der Waals surface area (Å²) in [5.74, 6) is 1.91. The first-order valence-corrected chi connectivity index (χ1v) is 5.85. The fraction of sp³-hybridized carbons (Fsp3) is 0.818. The molecule has 84 valence electrons. The topological polar surface area (TPSA) is 42.7 Å². The number of aromatic nitrogens is 3. The number of rotatable bonds is 4. The fourth-order valence-electron chi connectivity index (χ4n) is 2.50. The van der Waals surface area contributed by atoms with Crippen LogP contribution in [0, 0.1) is 5.92 Å². The van der Waals surface area contributed by atoms with Crippen molar-refractivity contribution >= 4 is 0 Å². The Morgan fingerprint density at radius 1 is 1.53 bits per heavy atom. The first-order chi connectivity index (χ1) is 7.29. The lowest BCUT2D eigenvalue weighted by Crippen LogP contribution is -2.26. The third kappa shape index (κ3) is 2.56. The maximum absolute atomic E-state index is 4.28. The monoisotopic (exact) mass is 208 g/mol. The van der Waals surface area contributed by atoms with E-state index < -0.39 is 0 Å². The first kappa shape index (κ1) is 10.6. The maximum atomic E-state index is 4.28. The Morgan fingerprint density at radius 3 is 3.07 bits per heavy atom. The van der Waals surface area contributed by atoms with Gasteiger partial charge >= 0.3 is 0 Å². The Balaban J connectivity index is 1.85. The molecule has 15 heavy (non-hydrogen) atoms. The lowest BCUT2D eigenvalue weighted by atomic mass is 10.0. The molecule has 2 unspecified atom stereocenters. The highest BCUT2D eigenvalue weighted by Crippen LogP contribution is 2.27. The zero-order valence-electron chi connectivity index (χ0n) is 9.61. The maximum Gasteiger partial charge on any atom is 0.138 e. The molecule has 1 saturated carbocycles. The average molecular weight is 208 g/mol. The van der Waals surface area contributed by atoms with E-state index in [2.05, 4.69) is 22.3 Å². The number of hydrogen-bond acceptors (Lipinski definition) is 3. The van der Waals surface area contributed by atoms with Crippen molar-refractivity contribution in [3.63, 3.8) is 0 Å². The molecule has 0 amide bonds. The van der Waals surface area contributed by atoms with E-state index in [0.717, 1.165) is 30.7 Å². The Hall–Kier alpha value is -0.900. The van der Waals surface area contributed by atoms with Gasteiger partial charge < -0.3 is 5.32 Å². The van der Waals surface area contributed by atoms with Gasteiger partial charge in [-0.15, -0.1) is 0 Å². The first-order valence-electron chi connectivity index (χ1n) is 5.85. The quantitative estimate of drug-likeness (QED) is 0.806. The van der Waals surface area contributed by atoms with Gasteiger partial charge in [-0.05, 0) is 31.7 Å². The van der Waals surface area contributed by atoms with Gasteiger partial charge in [-0.25, -0.2) is 4.98 Å². The number of hydrogen-bond donors (Lipinski definition) is 1. The molecule has 1 aromatic rings. The molecule has 4 heteroatoms. The molecule has 2 atom stereocenters. The van der Waals surface area contributed by atoms with Gasteiger partial charge in [0.1, 0.15) is 12.2 Å². The molecule has 1 aliphatic rings. The van der Waals surface area contributed by atoms with Crippen molar-refractivity contribution in [3.8, 4) is 0 Å². The molecule has 0 radical (unpaired) electrons. The molecule has 0 aromatic carbocycles. The Kier molecular flexibility index (Phi) is 3.36. The van der Waals surface area contributed by atoms with Crippen LogP contribution in [-0.2, 0) is 13.5 Å². The van der Waals surface area contributed by atoms with E-state index in [1.165, 1.54) is 19.3 Å². The summed E-state index contributed by atoms with van der Waals surface area (Å²) < 4.78 is 1.89. The predicted molar refractivity (Wildman–Crippen MR) is 59.5 cm³/mol.